The summed E-state index contributed by atoms with van der Waals surface area (Å²) in [5.74, 6) is 0. The summed E-state index contributed by atoms with van der Waals surface area (Å²) >= 11 is 3.48. The number of halogens is 1. The molecule has 1 heterocycles. The highest BCUT2D eigenvalue weighted by molar-refractivity contribution is 9.10. The van der Waals surface area contributed by atoms with Crippen molar-refractivity contribution >= 4 is 15.9 Å². The molecule has 1 atom stereocenters. The van der Waals surface area contributed by atoms with Crippen molar-refractivity contribution < 1.29 is 0 Å². The lowest BCUT2D eigenvalue weighted by Gasteiger charge is -2.27. The van der Waals surface area contributed by atoms with Gasteiger partial charge in [-0.1, -0.05) is 28.1 Å². The maximum atomic E-state index is 3.48. The second-order valence-electron chi connectivity index (χ2n) is 5.16. The van der Waals surface area contributed by atoms with Gasteiger partial charge in [-0.05, 0) is 51.2 Å². The first-order chi connectivity index (χ1) is 8.15. The van der Waals surface area contributed by atoms with Crippen LogP contribution in [-0.4, -0.2) is 43.0 Å². The smallest absolute Gasteiger partial charge is 0.0237 e. The molecule has 1 aromatic carbocycles. The summed E-state index contributed by atoms with van der Waals surface area (Å²) in [6.07, 6.45) is 2.68. The molecule has 0 bridgehead atoms. The van der Waals surface area contributed by atoms with E-state index in [2.05, 4.69) is 64.1 Å². The number of hydrogen-bond acceptors (Lipinski definition) is 2. The van der Waals surface area contributed by atoms with Crippen molar-refractivity contribution in [2.45, 2.75) is 25.4 Å². The van der Waals surface area contributed by atoms with Crippen molar-refractivity contribution in [2.75, 3.05) is 27.2 Å². The predicted octanol–water partition coefficient (Wildman–Crippen LogP) is 2.98. The van der Waals surface area contributed by atoms with E-state index in [0.717, 1.165) is 17.1 Å². The Kier molecular flexibility index (Phi) is 4.60. The first kappa shape index (κ1) is 13.1. The minimum absolute atomic E-state index is 0.730. The first-order valence-corrected chi connectivity index (χ1v) is 7.07. The van der Waals surface area contributed by atoms with Crippen LogP contribution in [0.4, 0.5) is 0 Å². The van der Waals surface area contributed by atoms with Gasteiger partial charge in [0, 0.05) is 23.6 Å². The van der Waals surface area contributed by atoms with Gasteiger partial charge in [0.2, 0.25) is 0 Å². The molecule has 0 aliphatic carbocycles. The average molecular weight is 297 g/mol. The van der Waals surface area contributed by atoms with Gasteiger partial charge < -0.3 is 4.90 Å². The van der Waals surface area contributed by atoms with Crippen molar-refractivity contribution in [3.63, 3.8) is 0 Å². The maximum Gasteiger partial charge on any atom is 0.0237 e. The Hall–Kier alpha value is -0.380. The van der Waals surface area contributed by atoms with Gasteiger partial charge in [-0.15, -0.1) is 0 Å². The van der Waals surface area contributed by atoms with Crippen LogP contribution in [-0.2, 0) is 6.54 Å². The quantitative estimate of drug-likeness (QED) is 0.843. The van der Waals surface area contributed by atoms with Crippen molar-refractivity contribution in [1.29, 1.82) is 0 Å². The minimum atomic E-state index is 0.730. The normalized spacial score (nSPS) is 21.3. The highest BCUT2D eigenvalue weighted by atomic mass is 79.9. The molecule has 0 unspecified atom stereocenters. The second-order valence-corrected chi connectivity index (χ2v) is 6.07. The largest absolute Gasteiger partial charge is 0.308 e. The van der Waals surface area contributed by atoms with Crippen molar-refractivity contribution in [3.05, 3.63) is 34.3 Å². The zero-order valence-corrected chi connectivity index (χ0v) is 12.3. The molecule has 0 aromatic heterocycles. The Morgan fingerprint density at radius 2 is 2.00 bits per heavy atom. The van der Waals surface area contributed by atoms with Crippen LogP contribution in [0.1, 0.15) is 18.4 Å². The molecule has 94 valence electrons. The average Bonchev–Trinajstić information content (AvgIpc) is 2.68. The Morgan fingerprint density at radius 1 is 1.29 bits per heavy atom. The van der Waals surface area contributed by atoms with E-state index in [-0.39, 0.29) is 0 Å². The molecule has 0 N–H and O–H groups in total. The van der Waals surface area contributed by atoms with Crippen LogP contribution >= 0.6 is 15.9 Å². The molecular weight excluding hydrogens is 276 g/mol. The highest BCUT2D eigenvalue weighted by Gasteiger charge is 2.24. The van der Waals surface area contributed by atoms with Crippen LogP contribution in [0, 0.1) is 0 Å². The molecule has 2 rings (SSSR count). The molecule has 1 aliphatic rings. The van der Waals surface area contributed by atoms with Crippen LogP contribution < -0.4 is 0 Å². The molecule has 2 nitrogen and oxygen atoms in total. The zero-order chi connectivity index (χ0) is 12.3. The fraction of sp³-hybridized carbons (Fsp3) is 0.571. The SMILES string of the molecule is CN(C)C[C@@H]1CCCN1Cc1ccc(Br)cc1. The van der Waals surface area contributed by atoms with Crippen molar-refractivity contribution in [3.8, 4) is 0 Å². The first-order valence-electron chi connectivity index (χ1n) is 6.28. The fourth-order valence-electron chi connectivity index (χ4n) is 2.56. The van der Waals surface area contributed by atoms with Crippen LogP contribution in [0.15, 0.2) is 28.7 Å². The molecular formula is C14H21BrN2. The van der Waals surface area contributed by atoms with E-state index in [1.165, 1.54) is 31.5 Å². The number of hydrogen-bond donors (Lipinski definition) is 0. The van der Waals surface area contributed by atoms with Crippen LogP contribution in [0.2, 0.25) is 0 Å². The van der Waals surface area contributed by atoms with Gasteiger partial charge in [0.25, 0.3) is 0 Å². The predicted molar refractivity (Wildman–Crippen MR) is 76.1 cm³/mol. The third-order valence-corrected chi connectivity index (χ3v) is 3.90. The van der Waals surface area contributed by atoms with E-state index < -0.39 is 0 Å². The molecule has 0 spiro atoms. The van der Waals surface area contributed by atoms with Gasteiger partial charge in [0.1, 0.15) is 0 Å². The van der Waals surface area contributed by atoms with Gasteiger partial charge in [0.15, 0.2) is 0 Å². The summed E-state index contributed by atoms with van der Waals surface area (Å²) in [7, 11) is 4.33. The highest BCUT2D eigenvalue weighted by Crippen LogP contribution is 2.21. The Morgan fingerprint density at radius 3 is 2.65 bits per heavy atom. The minimum Gasteiger partial charge on any atom is -0.308 e. The summed E-state index contributed by atoms with van der Waals surface area (Å²) in [5.41, 5.74) is 1.42. The molecule has 0 radical (unpaired) electrons. The Balaban J connectivity index is 1.95. The number of benzene rings is 1. The summed E-state index contributed by atoms with van der Waals surface area (Å²) in [6.45, 7) is 3.51. The van der Waals surface area contributed by atoms with Gasteiger partial charge in [0.05, 0.1) is 0 Å². The van der Waals surface area contributed by atoms with E-state index in [0.29, 0.717) is 0 Å². The molecule has 0 amide bonds. The monoisotopic (exact) mass is 296 g/mol. The van der Waals surface area contributed by atoms with E-state index in [1.54, 1.807) is 0 Å². The van der Waals surface area contributed by atoms with Gasteiger partial charge >= 0.3 is 0 Å². The van der Waals surface area contributed by atoms with Gasteiger partial charge in [-0.25, -0.2) is 0 Å². The Bertz CT molecular complexity index is 348. The third kappa shape index (κ3) is 3.80. The van der Waals surface area contributed by atoms with Gasteiger partial charge in [-0.2, -0.15) is 0 Å². The lowest BCUT2D eigenvalue weighted by Crippen LogP contribution is -2.37. The fourth-order valence-corrected chi connectivity index (χ4v) is 2.82. The third-order valence-electron chi connectivity index (χ3n) is 3.37. The number of likely N-dealkylation sites (N-methyl/N-ethyl adjacent to an activating group) is 1. The zero-order valence-electron chi connectivity index (χ0n) is 10.7. The summed E-state index contributed by atoms with van der Waals surface area (Å²) in [6, 6.07) is 9.43. The lowest BCUT2D eigenvalue weighted by atomic mass is 10.2. The molecule has 17 heavy (non-hydrogen) atoms. The molecule has 1 fully saturated rings. The summed E-state index contributed by atoms with van der Waals surface area (Å²) < 4.78 is 1.16. The molecule has 1 aliphatic heterocycles. The maximum absolute atomic E-state index is 3.48. The van der Waals surface area contributed by atoms with Gasteiger partial charge in [-0.3, -0.25) is 4.90 Å². The van der Waals surface area contributed by atoms with Crippen molar-refractivity contribution in [1.82, 2.24) is 9.80 Å². The lowest BCUT2D eigenvalue weighted by molar-refractivity contribution is 0.201. The molecule has 1 saturated heterocycles. The number of rotatable bonds is 4. The van der Waals surface area contributed by atoms with E-state index in [1.807, 2.05) is 0 Å². The van der Waals surface area contributed by atoms with E-state index in [9.17, 15) is 0 Å². The van der Waals surface area contributed by atoms with E-state index in [4.69, 9.17) is 0 Å². The van der Waals surface area contributed by atoms with Crippen molar-refractivity contribution in [2.24, 2.45) is 0 Å². The van der Waals surface area contributed by atoms with Crippen LogP contribution in [0.5, 0.6) is 0 Å². The summed E-state index contributed by atoms with van der Waals surface area (Å²) in [4.78, 5) is 4.91. The molecule has 1 aromatic rings. The topological polar surface area (TPSA) is 6.48 Å². The second kappa shape index (κ2) is 5.98. The number of nitrogens with zero attached hydrogens (tertiary/aromatic N) is 2. The summed E-state index contributed by atoms with van der Waals surface area (Å²) in [5, 5.41) is 0. The number of likely N-dealkylation sites (tertiary alicyclic amines) is 1. The molecule has 3 heteroatoms. The Labute approximate surface area is 113 Å². The standard InChI is InChI=1S/C14H21BrN2/c1-16(2)11-14-4-3-9-17(14)10-12-5-7-13(15)8-6-12/h5-8,14H,3-4,9-11H2,1-2H3/t14-/m0/s1. The molecule has 0 saturated carbocycles. The van der Waals surface area contributed by atoms with Crippen LogP contribution in [0.25, 0.3) is 0 Å². The van der Waals surface area contributed by atoms with Crippen LogP contribution in [0.3, 0.4) is 0 Å². The van der Waals surface area contributed by atoms with E-state index >= 15 is 0 Å².